The maximum Gasteiger partial charge on any atom is 0.0594 e. The number of hydrogen-bond acceptors (Lipinski definition) is 3. The molecule has 1 N–H and O–H groups in total. The van der Waals surface area contributed by atoms with Crippen LogP contribution in [0.4, 0.5) is 0 Å². The van der Waals surface area contributed by atoms with Crippen molar-refractivity contribution >= 4 is 0 Å². The molecule has 3 heteroatoms. The van der Waals surface area contributed by atoms with Gasteiger partial charge < -0.3 is 9.84 Å². The molecule has 0 amide bonds. The first-order valence-corrected chi connectivity index (χ1v) is 5.18. The number of hydrogen-bond donors (Lipinski definition) is 1. The van der Waals surface area contributed by atoms with E-state index in [1.165, 1.54) is 0 Å². The lowest BCUT2D eigenvalue weighted by Crippen LogP contribution is -2.46. The minimum Gasteiger partial charge on any atom is -0.396 e. The Morgan fingerprint density at radius 1 is 1.31 bits per heavy atom. The fraction of sp³-hybridized carbons (Fsp3) is 1.00. The van der Waals surface area contributed by atoms with Gasteiger partial charge >= 0.3 is 0 Å². The Hall–Kier alpha value is -0.120. The lowest BCUT2D eigenvalue weighted by atomic mass is 9.99. The molecule has 0 spiro atoms. The van der Waals surface area contributed by atoms with E-state index >= 15 is 0 Å². The first-order chi connectivity index (χ1) is 6.25. The van der Waals surface area contributed by atoms with Crippen molar-refractivity contribution in [2.45, 2.75) is 26.3 Å². The predicted octanol–water partition coefficient (Wildman–Crippen LogP) is 0.726. The van der Waals surface area contributed by atoms with Crippen molar-refractivity contribution in [2.75, 3.05) is 32.9 Å². The second-order valence-electron chi connectivity index (χ2n) is 3.97. The largest absolute Gasteiger partial charge is 0.396 e. The van der Waals surface area contributed by atoms with E-state index in [0.717, 1.165) is 32.7 Å². The molecular formula is C10H21NO2. The molecule has 13 heavy (non-hydrogen) atoms. The van der Waals surface area contributed by atoms with Gasteiger partial charge in [-0.25, -0.2) is 0 Å². The monoisotopic (exact) mass is 187 g/mol. The Morgan fingerprint density at radius 3 is 2.38 bits per heavy atom. The molecule has 1 fully saturated rings. The van der Waals surface area contributed by atoms with Gasteiger partial charge in [-0.3, -0.25) is 4.90 Å². The van der Waals surface area contributed by atoms with E-state index in [4.69, 9.17) is 9.84 Å². The Kier molecular flexibility index (Phi) is 4.70. The number of morpholine rings is 1. The van der Waals surface area contributed by atoms with Gasteiger partial charge in [0.15, 0.2) is 0 Å². The van der Waals surface area contributed by atoms with E-state index in [1.54, 1.807) is 0 Å². The molecule has 0 aliphatic carbocycles. The Balaban J connectivity index is 2.41. The summed E-state index contributed by atoms with van der Waals surface area (Å²) in [7, 11) is 0. The van der Waals surface area contributed by atoms with Crippen LogP contribution >= 0.6 is 0 Å². The van der Waals surface area contributed by atoms with Crippen LogP contribution in [0.2, 0.25) is 0 Å². The summed E-state index contributed by atoms with van der Waals surface area (Å²) in [6, 6.07) is 0.522. The second-order valence-corrected chi connectivity index (χ2v) is 3.97. The molecule has 0 radical (unpaired) electrons. The van der Waals surface area contributed by atoms with Crippen LogP contribution in [0, 0.1) is 5.92 Å². The zero-order chi connectivity index (χ0) is 9.68. The summed E-state index contributed by atoms with van der Waals surface area (Å²) in [5.74, 6) is 0.616. The van der Waals surface area contributed by atoms with Crippen molar-refractivity contribution in [1.82, 2.24) is 4.90 Å². The van der Waals surface area contributed by atoms with E-state index < -0.39 is 0 Å². The molecule has 3 nitrogen and oxygen atoms in total. The van der Waals surface area contributed by atoms with Gasteiger partial charge in [0.1, 0.15) is 0 Å². The minimum atomic E-state index is 0.292. The lowest BCUT2D eigenvalue weighted by molar-refractivity contribution is 0.000313. The molecule has 1 rings (SSSR count). The average molecular weight is 187 g/mol. The molecule has 0 aromatic carbocycles. The molecule has 0 aromatic heterocycles. The van der Waals surface area contributed by atoms with Gasteiger partial charge in [0.2, 0.25) is 0 Å². The molecule has 1 heterocycles. The third-order valence-corrected chi connectivity index (χ3v) is 2.71. The van der Waals surface area contributed by atoms with Crippen LogP contribution in [0.3, 0.4) is 0 Å². The molecule has 78 valence electrons. The molecule has 1 aliphatic rings. The smallest absolute Gasteiger partial charge is 0.0594 e. The average Bonchev–Trinajstić information content (AvgIpc) is 2.15. The van der Waals surface area contributed by atoms with Gasteiger partial charge in [-0.2, -0.15) is 0 Å². The third kappa shape index (κ3) is 3.25. The summed E-state index contributed by atoms with van der Waals surface area (Å²) >= 11 is 0. The summed E-state index contributed by atoms with van der Waals surface area (Å²) in [6.07, 6.45) is 0.887. The SMILES string of the molecule is CC(C)C(CCO)N1CCOCC1. The first-order valence-electron chi connectivity index (χ1n) is 5.18. The summed E-state index contributed by atoms with van der Waals surface area (Å²) in [6.45, 7) is 8.45. The van der Waals surface area contributed by atoms with Crippen molar-refractivity contribution in [1.29, 1.82) is 0 Å². The number of aliphatic hydroxyl groups is 1. The van der Waals surface area contributed by atoms with Crippen LogP contribution in [0.15, 0.2) is 0 Å². The van der Waals surface area contributed by atoms with Crippen LogP contribution < -0.4 is 0 Å². The zero-order valence-corrected chi connectivity index (χ0v) is 8.70. The van der Waals surface area contributed by atoms with Crippen LogP contribution in [0.25, 0.3) is 0 Å². The molecule has 0 bridgehead atoms. The highest BCUT2D eigenvalue weighted by Gasteiger charge is 2.22. The number of aliphatic hydroxyl groups excluding tert-OH is 1. The topological polar surface area (TPSA) is 32.7 Å². The van der Waals surface area contributed by atoms with Gasteiger partial charge in [0.25, 0.3) is 0 Å². The van der Waals surface area contributed by atoms with E-state index in [2.05, 4.69) is 18.7 Å². The highest BCUT2D eigenvalue weighted by atomic mass is 16.5. The van der Waals surface area contributed by atoms with Crippen LogP contribution in [0.5, 0.6) is 0 Å². The molecule has 1 unspecified atom stereocenters. The Bertz CT molecular complexity index is 133. The molecular weight excluding hydrogens is 166 g/mol. The Labute approximate surface area is 80.7 Å². The minimum absolute atomic E-state index is 0.292. The van der Waals surface area contributed by atoms with Gasteiger partial charge in [0.05, 0.1) is 13.2 Å². The van der Waals surface area contributed by atoms with E-state index in [9.17, 15) is 0 Å². The first kappa shape index (κ1) is 11.0. The van der Waals surface area contributed by atoms with Crippen molar-refractivity contribution in [3.05, 3.63) is 0 Å². The van der Waals surface area contributed by atoms with Crippen LogP contribution in [-0.2, 0) is 4.74 Å². The van der Waals surface area contributed by atoms with E-state index in [-0.39, 0.29) is 0 Å². The second kappa shape index (κ2) is 5.58. The standard InChI is InChI=1S/C10H21NO2/c1-9(2)10(3-6-12)11-4-7-13-8-5-11/h9-10,12H,3-8H2,1-2H3. The maximum absolute atomic E-state index is 8.96. The third-order valence-electron chi connectivity index (χ3n) is 2.71. The van der Waals surface area contributed by atoms with Gasteiger partial charge in [0, 0.05) is 25.7 Å². The zero-order valence-electron chi connectivity index (χ0n) is 8.70. The number of ether oxygens (including phenoxy) is 1. The summed E-state index contributed by atoms with van der Waals surface area (Å²) < 4.78 is 5.30. The van der Waals surface area contributed by atoms with Crippen LogP contribution in [0.1, 0.15) is 20.3 Å². The molecule has 0 saturated carbocycles. The number of rotatable bonds is 4. The van der Waals surface area contributed by atoms with Crippen molar-refractivity contribution < 1.29 is 9.84 Å². The Morgan fingerprint density at radius 2 is 1.92 bits per heavy atom. The molecule has 1 atom stereocenters. The summed E-state index contributed by atoms with van der Waals surface area (Å²) in [4.78, 5) is 2.43. The lowest BCUT2D eigenvalue weighted by Gasteiger charge is -2.36. The van der Waals surface area contributed by atoms with Gasteiger partial charge in [-0.15, -0.1) is 0 Å². The highest BCUT2D eigenvalue weighted by Crippen LogP contribution is 2.15. The van der Waals surface area contributed by atoms with Crippen molar-refractivity contribution in [3.63, 3.8) is 0 Å². The quantitative estimate of drug-likeness (QED) is 0.704. The van der Waals surface area contributed by atoms with Crippen LogP contribution in [-0.4, -0.2) is 49.0 Å². The van der Waals surface area contributed by atoms with Crippen molar-refractivity contribution in [2.24, 2.45) is 5.92 Å². The number of nitrogens with zero attached hydrogens (tertiary/aromatic N) is 1. The van der Waals surface area contributed by atoms with Gasteiger partial charge in [-0.1, -0.05) is 13.8 Å². The summed E-state index contributed by atoms with van der Waals surface area (Å²) in [5, 5.41) is 8.96. The maximum atomic E-state index is 8.96. The molecule has 1 saturated heterocycles. The predicted molar refractivity (Wildman–Crippen MR) is 52.7 cm³/mol. The summed E-state index contributed by atoms with van der Waals surface area (Å²) in [5.41, 5.74) is 0. The molecule has 0 aromatic rings. The van der Waals surface area contributed by atoms with E-state index in [1.807, 2.05) is 0 Å². The molecule has 1 aliphatic heterocycles. The fourth-order valence-electron chi connectivity index (χ4n) is 1.98. The van der Waals surface area contributed by atoms with Gasteiger partial charge in [-0.05, 0) is 12.3 Å². The van der Waals surface area contributed by atoms with Crippen molar-refractivity contribution in [3.8, 4) is 0 Å². The van der Waals surface area contributed by atoms with E-state index in [0.29, 0.717) is 18.6 Å². The highest BCUT2D eigenvalue weighted by molar-refractivity contribution is 4.76. The normalized spacial score (nSPS) is 22.2. The fourth-order valence-corrected chi connectivity index (χ4v) is 1.98.